The number of carbonyl (C=O) groups is 2. The molecule has 172 valence electrons. The minimum absolute atomic E-state index is 0.150. The minimum atomic E-state index is -0.987. The Hall–Kier alpha value is -4.91. The second-order valence-corrected chi connectivity index (χ2v) is 7.49. The van der Waals surface area contributed by atoms with Gasteiger partial charge in [-0.05, 0) is 29.7 Å². The Morgan fingerprint density at radius 2 is 1.76 bits per heavy atom. The van der Waals surface area contributed by atoms with E-state index in [4.69, 9.17) is 0 Å². The average molecular weight is 481 g/mol. The van der Waals surface area contributed by atoms with Crippen LogP contribution in [0.3, 0.4) is 0 Å². The van der Waals surface area contributed by atoms with E-state index in [0.29, 0.717) is 16.5 Å². The summed E-state index contributed by atoms with van der Waals surface area (Å²) in [6.45, 7) is 0. The fraction of sp³-hybridized carbons (Fsp3) is 0. The van der Waals surface area contributed by atoms with Gasteiger partial charge in [0.15, 0.2) is 0 Å². The Kier molecular flexibility index (Phi) is 7.41. The van der Waals surface area contributed by atoms with Crippen LogP contribution in [-0.4, -0.2) is 33.0 Å². The van der Waals surface area contributed by atoms with Crippen molar-refractivity contribution in [1.82, 2.24) is 10.7 Å². The number of amides is 2. The molecular formula is C21H15N5O7S. The highest BCUT2D eigenvalue weighted by atomic mass is 32.1. The maximum Gasteiger partial charge on any atom is 0.318 e. The van der Waals surface area contributed by atoms with Gasteiger partial charge in [0, 0.05) is 16.5 Å². The van der Waals surface area contributed by atoms with Crippen molar-refractivity contribution in [3.05, 3.63) is 102 Å². The number of phenolic OH excluding ortho intramolecular Hbond substituents is 1. The number of hydrogen-bond donors (Lipinski definition) is 3. The number of nitro benzene ring substituents is 2. The van der Waals surface area contributed by atoms with Gasteiger partial charge in [-0.15, -0.1) is 11.3 Å². The molecule has 0 radical (unpaired) electrons. The van der Waals surface area contributed by atoms with Gasteiger partial charge in [0.1, 0.15) is 5.70 Å². The molecule has 13 heteroatoms. The lowest BCUT2D eigenvalue weighted by Crippen LogP contribution is -2.32. The number of non-ortho nitro benzene ring substituents is 1. The number of carbonyl (C=O) groups excluding carboxylic acids is 2. The number of aromatic hydroxyl groups is 1. The van der Waals surface area contributed by atoms with Crippen LogP contribution in [0.4, 0.5) is 11.4 Å². The van der Waals surface area contributed by atoms with Crippen LogP contribution in [0, 0.1) is 20.2 Å². The highest BCUT2D eigenvalue weighted by Crippen LogP contribution is 2.33. The number of rotatable bonds is 8. The van der Waals surface area contributed by atoms with Crippen LogP contribution in [0.15, 0.2) is 70.8 Å². The Balaban J connectivity index is 1.84. The monoisotopic (exact) mass is 481 g/mol. The normalized spacial score (nSPS) is 11.2. The molecule has 0 aliphatic heterocycles. The fourth-order valence-corrected chi connectivity index (χ4v) is 3.30. The molecular weight excluding hydrogens is 466 g/mol. The van der Waals surface area contributed by atoms with E-state index in [-0.39, 0.29) is 11.3 Å². The van der Waals surface area contributed by atoms with Crippen molar-refractivity contribution < 1.29 is 24.5 Å². The van der Waals surface area contributed by atoms with Gasteiger partial charge < -0.3 is 10.4 Å². The third kappa shape index (κ3) is 5.86. The summed E-state index contributed by atoms with van der Waals surface area (Å²) in [6.07, 6.45) is 2.24. The molecule has 0 unspecified atom stereocenters. The van der Waals surface area contributed by atoms with Gasteiger partial charge in [0.05, 0.1) is 27.7 Å². The van der Waals surface area contributed by atoms with E-state index in [2.05, 4.69) is 15.8 Å². The SMILES string of the molecule is O=C(N/N=C/c1cc([N+](=O)[O-])cc([N+](=O)[O-])c1O)/C(=C\c1cccs1)NC(=O)c1ccccc1. The smallest absolute Gasteiger partial charge is 0.318 e. The molecule has 0 saturated heterocycles. The van der Waals surface area contributed by atoms with Gasteiger partial charge >= 0.3 is 5.69 Å². The van der Waals surface area contributed by atoms with Gasteiger partial charge in [0.25, 0.3) is 17.5 Å². The van der Waals surface area contributed by atoms with Crippen LogP contribution in [0.5, 0.6) is 5.75 Å². The molecule has 3 rings (SSSR count). The molecule has 0 saturated carbocycles. The molecule has 0 bridgehead atoms. The lowest BCUT2D eigenvalue weighted by atomic mass is 10.1. The van der Waals surface area contributed by atoms with Gasteiger partial charge in [-0.25, -0.2) is 5.43 Å². The van der Waals surface area contributed by atoms with Gasteiger partial charge in [-0.1, -0.05) is 24.3 Å². The van der Waals surface area contributed by atoms with Crippen LogP contribution in [0.1, 0.15) is 20.8 Å². The molecule has 34 heavy (non-hydrogen) atoms. The first-order valence-electron chi connectivity index (χ1n) is 9.37. The summed E-state index contributed by atoms with van der Waals surface area (Å²) in [7, 11) is 0. The molecule has 3 aromatic rings. The Morgan fingerprint density at radius 1 is 1.03 bits per heavy atom. The number of hydrogen-bond acceptors (Lipinski definition) is 9. The Morgan fingerprint density at radius 3 is 2.38 bits per heavy atom. The topological polar surface area (TPSA) is 177 Å². The molecule has 2 aromatic carbocycles. The molecule has 0 aliphatic rings. The first kappa shape index (κ1) is 23.7. The van der Waals surface area contributed by atoms with E-state index in [0.717, 1.165) is 12.3 Å². The van der Waals surface area contributed by atoms with E-state index in [9.17, 15) is 34.9 Å². The number of nitrogens with zero attached hydrogens (tertiary/aromatic N) is 3. The van der Waals surface area contributed by atoms with Crippen molar-refractivity contribution in [1.29, 1.82) is 0 Å². The van der Waals surface area contributed by atoms with E-state index >= 15 is 0 Å². The molecule has 12 nitrogen and oxygen atoms in total. The average Bonchev–Trinajstić information content (AvgIpc) is 3.33. The molecule has 3 N–H and O–H groups in total. The number of hydrazone groups is 1. The van der Waals surface area contributed by atoms with Crippen LogP contribution in [0.2, 0.25) is 0 Å². The number of thiophene rings is 1. The molecule has 1 heterocycles. The molecule has 0 atom stereocenters. The second-order valence-electron chi connectivity index (χ2n) is 6.51. The van der Waals surface area contributed by atoms with E-state index < -0.39 is 38.8 Å². The van der Waals surface area contributed by atoms with E-state index in [1.54, 1.807) is 47.8 Å². The molecule has 1 aromatic heterocycles. The fourth-order valence-electron chi connectivity index (χ4n) is 2.65. The quantitative estimate of drug-likeness (QED) is 0.191. The van der Waals surface area contributed by atoms with Gasteiger partial charge in [-0.3, -0.25) is 29.8 Å². The molecule has 0 spiro atoms. The third-order valence-corrected chi connectivity index (χ3v) is 5.06. The summed E-state index contributed by atoms with van der Waals surface area (Å²) in [4.78, 5) is 46.1. The van der Waals surface area contributed by atoms with Crippen molar-refractivity contribution >= 4 is 46.8 Å². The van der Waals surface area contributed by atoms with Crippen LogP contribution in [-0.2, 0) is 4.79 Å². The zero-order valence-corrected chi connectivity index (χ0v) is 17.9. The number of nitrogens with one attached hydrogen (secondary N) is 2. The summed E-state index contributed by atoms with van der Waals surface area (Å²) in [5.74, 6) is -2.25. The zero-order valence-electron chi connectivity index (χ0n) is 17.1. The van der Waals surface area contributed by atoms with Crippen molar-refractivity contribution in [2.75, 3.05) is 0 Å². The van der Waals surface area contributed by atoms with Crippen molar-refractivity contribution in [3.63, 3.8) is 0 Å². The first-order valence-corrected chi connectivity index (χ1v) is 10.2. The van der Waals surface area contributed by atoms with Crippen LogP contribution >= 0.6 is 11.3 Å². The van der Waals surface area contributed by atoms with Crippen LogP contribution < -0.4 is 10.7 Å². The molecule has 0 fully saturated rings. The minimum Gasteiger partial charge on any atom is -0.502 e. The summed E-state index contributed by atoms with van der Waals surface area (Å²) in [6, 6.07) is 13.1. The van der Waals surface area contributed by atoms with Gasteiger partial charge in [-0.2, -0.15) is 5.10 Å². The van der Waals surface area contributed by atoms with E-state index in [1.807, 2.05) is 0 Å². The maximum absolute atomic E-state index is 12.7. The lowest BCUT2D eigenvalue weighted by Gasteiger charge is -2.08. The summed E-state index contributed by atoms with van der Waals surface area (Å²) >= 11 is 1.32. The molecule has 0 aliphatic carbocycles. The largest absolute Gasteiger partial charge is 0.502 e. The highest BCUT2D eigenvalue weighted by Gasteiger charge is 2.23. The third-order valence-electron chi connectivity index (χ3n) is 4.24. The highest BCUT2D eigenvalue weighted by molar-refractivity contribution is 7.10. The standard InChI is InChI=1S/C21H15N5O7S/c27-19-14(9-15(25(30)31)10-18(19)26(32)33)12-22-24-21(29)17(11-16-7-4-8-34-16)23-20(28)13-5-2-1-3-6-13/h1-12,27H,(H,23,28)(H,24,29)/b17-11+,22-12+. The first-order chi connectivity index (χ1) is 16.3. The summed E-state index contributed by atoms with van der Waals surface area (Å²) < 4.78 is 0. The number of phenols is 1. The lowest BCUT2D eigenvalue weighted by molar-refractivity contribution is -0.394. The molecule has 2 amide bonds. The van der Waals surface area contributed by atoms with Crippen molar-refractivity contribution in [3.8, 4) is 5.75 Å². The van der Waals surface area contributed by atoms with E-state index in [1.165, 1.54) is 17.4 Å². The summed E-state index contributed by atoms with van der Waals surface area (Å²) in [5, 5.41) is 40.0. The number of benzene rings is 2. The second kappa shape index (κ2) is 10.6. The Bertz CT molecular complexity index is 1300. The maximum atomic E-state index is 12.7. The van der Waals surface area contributed by atoms with Gasteiger partial charge in [0.2, 0.25) is 5.75 Å². The Labute approximate surface area is 195 Å². The zero-order chi connectivity index (χ0) is 24.7. The predicted molar refractivity (Wildman–Crippen MR) is 123 cm³/mol. The van der Waals surface area contributed by atoms with Crippen LogP contribution in [0.25, 0.3) is 6.08 Å². The van der Waals surface area contributed by atoms with Crippen molar-refractivity contribution in [2.45, 2.75) is 0 Å². The summed E-state index contributed by atoms with van der Waals surface area (Å²) in [5.41, 5.74) is 0.383. The number of nitro groups is 2. The van der Waals surface area contributed by atoms with Crippen molar-refractivity contribution in [2.24, 2.45) is 5.10 Å². The predicted octanol–water partition coefficient (Wildman–Crippen LogP) is 3.19.